The zero-order valence-corrected chi connectivity index (χ0v) is 16.1. The van der Waals surface area contributed by atoms with Gasteiger partial charge in [-0.3, -0.25) is 0 Å². The van der Waals surface area contributed by atoms with Gasteiger partial charge in [-0.2, -0.15) is 0 Å². The van der Waals surface area contributed by atoms with Crippen molar-refractivity contribution in [1.29, 1.82) is 0 Å². The van der Waals surface area contributed by atoms with E-state index >= 15 is 0 Å². The minimum atomic E-state index is -0.451. The molecule has 0 radical (unpaired) electrons. The van der Waals surface area contributed by atoms with Gasteiger partial charge in [0, 0.05) is 33.4 Å². The molecule has 1 aliphatic heterocycles. The normalized spacial score (nSPS) is 17.8. The summed E-state index contributed by atoms with van der Waals surface area (Å²) in [6, 6.07) is 0. The molecule has 6 heteroatoms. The molecule has 0 unspecified atom stereocenters. The van der Waals surface area contributed by atoms with Crippen molar-refractivity contribution >= 4 is 6.09 Å². The molecule has 0 saturated carbocycles. The van der Waals surface area contributed by atoms with E-state index in [1.807, 2.05) is 20.8 Å². The zero-order valence-electron chi connectivity index (χ0n) is 16.1. The van der Waals surface area contributed by atoms with Gasteiger partial charge in [0.15, 0.2) is 0 Å². The van der Waals surface area contributed by atoms with Crippen molar-refractivity contribution in [1.82, 2.24) is 4.90 Å². The maximum atomic E-state index is 12.1. The van der Waals surface area contributed by atoms with Crippen LogP contribution in [0.5, 0.6) is 0 Å². The highest BCUT2D eigenvalue weighted by atomic mass is 16.6. The number of nitrogens with zero attached hydrogens (tertiary/aromatic N) is 1. The van der Waals surface area contributed by atoms with Crippen LogP contribution in [0.1, 0.15) is 53.4 Å². The van der Waals surface area contributed by atoms with Crippen LogP contribution in [0.15, 0.2) is 0 Å². The molecule has 0 bridgehead atoms. The first-order valence-corrected chi connectivity index (χ1v) is 9.00. The molecule has 0 spiro atoms. The lowest BCUT2D eigenvalue weighted by atomic mass is 9.88. The monoisotopic (exact) mass is 345 g/mol. The maximum absolute atomic E-state index is 12.1. The Hall–Kier alpha value is -0.850. The largest absolute Gasteiger partial charge is 0.444 e. The van der Waals surface area contributed by atoms with E-state index in [1.54, 1.807) is 12.0 Å². The summed E-state index contributed by atoms with van der Waals surface area (Å²) in [4.78, 5) is 13.9. The summed E-state index contributed by atoms with van der Waals surface area (Å²) >= 11 is 0. The Kier molecular flexibility index (Phi) is 9.02. The summed E-state index contributed by atoms with van der Waals surface area (Å²) in [5, 5.41) is 0. The van der Waals surface area contributed by atoms with Crippen LogP contribution >= 0.6 is 0 Å². The third-order valence-electron chi connectivity index (χ3n) is 4.24. The molecule has 0 aromatic heterocycles. The van der Waals surface area contributed by atoms with E-state index in [0.29, 0.717) is 32.9 Å². The van der Waals surface area contributed by atoms with Crippen molar-refractivity contribution < 1.29 is 23.7 Å². The summed E-state index contributed by atoms with van der Waals surface area (Å²) < 4.78 is 22.1. The molecule has 0 aromatic carbocycles. The van der Waals surface area contributed by atoms with Crippen molar-refractivity contribution in [2.45, 2.75) is 64.6 Å². The van der Waals surface area contributed by atoms with E-state index in [9.17, 15) is 4.79 Å². The molecule has 1 heterocycles. The number of rotatable bonds is 9. The number of piperidine rings is 1. The minimum Gasteiger partial charge on any atom is -0.444 e. The van der Waals surface area contributed by atoms with Gasteiger partial charge in [0.05, 0.1) is 18.8 Å². The molecule has 142 valence electrons. The Morgan fingerprint density at radius 3 is 2.29 bits per heavy atom. The van der Waals surface area contributed by atoms with Gasteiger partial charge in [0.25, 0.3) is 0 Å². The van der Waals surface area contributed by atoms with E-state index in [4.69, 9.17) is 18.9 Å². The number of carbonyl (C=O) groups is 1. The van der Waals surface area contributed by atoms with Crippen LogP contribution < -0.4 is 0 Å². The molecule has 0 N–H and O–H groups in total. The van der Waals surface area contributed by atoms with Gasteiger partial charge in [-0.15, -0.1) is 0 Å². The van der Waals surface area contributed by atoms with Gasteiger partial charge >= 0.3 is 6.09 Å². The van der Waals surface area contributed by atoms with E-state index in [2.05, 4.69) is 6.92 Å². The molecule has 24 heavy (non-hydrogen) atoms. The first kappa shape index (κ1) is 21.2. The number of likely N-dealkylation sites (tertiary alicyclic amines) is 1. The van der Waals surface area contributed by atoms with Gasteiger partial charge in [0.2, 0.25) is 0 Å². The SMILES string of the molecule is CCC1(OCCOCCCOC)CCN(C(=O)OC(C)(C)C)CC1. The van der Waals surface area contributed by atoms with Crippen LogP contribution in [0.25, 0.3) is 0 Å². The predicted octanol–water partition coefficient (Wildman–Crippen LogP) is 3.24. The van der Waals surface area contributed by atoms with Crippen LogP contribution in [0.2, 0.25) is 0 Å². The lowest BCUT2D eigenvalue weighted by Crippen LogP contribution is -2.49. The van der Waals surface area contributed by atoms with Crippen LogP contribution in [0.4, 0.5) is 4.79 Å². The summed E-state index contributed by atoms with van der Waals surface area (Å²) in [6.07, 6.45) is 3.30. The van der Waals surface area contributed by atoms with Crippen molar-refractivity contribution in [2.75, 3.05) is 46.6 Å². The lowest BCUT2D eigenvalue weighted by molar-refractivity contribution is -0.101. The maximum Gasteiger partial charge on any atom is 0.410 e. The van der Waals surface area contributed by atoms with Crippen molar-refractivity contribution in [3.05, 3.63) is 0 Å². The Morgan fingerprint density at radius 1 is 1.08 bits per heavy atom. The van der Waals surface area contributed by atoms with E-state index < -0.39 is 5.60 Å². The van der Waals surface area contributed by atoms with Crippen LogP contribution in [-0.2, 0) is 18.9 Å². The second-order valence-corrected chi connectivity index (χ2v) is 7.31. The Morgan fingerprint density at radius 2 is 1.75 bits per heavy atom. The first-order chi connectivity index (χ1) is 11.3. The van der Waals surface area contributed by atoms with Crippen LogP contribution in [0, 0.1) is 0 Å². The number of hydrogen-bond acceptors (Lipinski definition) is 5. The average Bonchev–Trinajstić information content (AvgIpc) is 2.53. The molecule has 1 fully saturated rings. The van der Waals surface area contributed by atoms with Crippen molar-refractivity contribution in [3.8, 4) is 0 Å². The molecule has 1 rings (SSSR count). The predicted molar refractivity (Wildman–Crippen MR) is 93.3 cm³/mol. The minimum absolute atomic E-state index is 0.144. The van der Waals surface area contributed by atoms with Crippen LogP contribution in [-0.4, -0.2) is 68.8 Å². The van der Waals surface area contributed by atoms with E-state index in [-0.39, 0.29) is 11.7 Å². The third-order valence-corrected chi connectivity index (χ3v) is 4.24. The molecule has 0 aromatic rings. The molecule has 6 nitrogen and oxygen atoms in total. The zero-order chi connectivity index (χ0) is 18.1. The quantitative estimate of drug-likeness (QED) is 0.601. The second kappa shape index (κ2) is 10.2. The standard InChI is InChI=1S/C18H35NO5/c1-6-18(23-15-14-22-13-7-12-21-5)8-10-19(11-9-18)16(20)24-17(2,3)4/h6-15H2,1-5H3. The van der Waals surface area contributed by atoms with E-state index in [1.165, 1.54) is 0 Å². The lowest BCUT2D eigenvalue weighted by Gasteiger charge is -2.41. The highest BCUT2D eigenvalue weighted by Gasteiger charge is 2.36. The number of carbonyl (C=O) groups excluding carboxylic acids is 1. The van der Waals surface area contributed by atoms with E-state index in [0.717, 1.165) is 32.3 Å². The number of amides is 1. The Bertz CT molecular complexity index is 359. The molecular formula is C18H35NO5. The fourth-order valence-corrected chi connectivity index (χ4v) is 2.75. The van der Waals surface area contributed by atoms with Crippen LogP contribution in [0.3, 0.4) is 0 Å². The van der Waals surface area contributed by atoms with Gasteiger partial charge in [-0.25, -0.2) is 4.79 Å². The Balaban J connectivity index is 2.29. The molecule has 1 amide bonds. The second-order valence-electron chi connectivity index (χ2n) is 7.31. The Labute approximate surface area is 146 Å². The topological polar surface area (TPSA) is 57.2 Å². The van der Waals surface area contributed by atoms with Crippen molar-refractivity contribution in [3.63, 3.8) is 0 Å². The fraction of sp³-hybridized carbons (Fsp3) is 0.944. The fourth-order valence-electron chi connectivity index (χ4n) is 2.75. The van der Waals surface area contributed by atoms with Gasteiger partial charge in [-0.1, -0.05) is 6.92 Å². The highest BCUT2D eigenvalue weighted by Crippen LogP contribution is 2.30. The number of hydrogen-bond donors (Lipinski definition) is 0. The van der Waals surface area contributed by atoms with Gasteiger partial charge in [0.1, 0.15) is 5.60 Å². The molecule has 1 saturated heterocycles. The van der Waals surface area contributed by atoms with Gasteiger partial charge in [-0.05, 0) is 46.5 Å². The number of methoxy groups -OCH3 is 1. The van der Waals surface area contributed by atoms with Gasteiger partial charge < -0.3 is 23.8 Å². The number of ether oxygens (including phenoxy) is 4. The molecule has 0 aliphatic carbocycles. The molecule has 0 atom stereocenters. The summed E-state index contributed by atoms with van der Waals surface area (Å²) in [5.74, 6) is 0. The summed E-state index contributed by atoms with van der Waals surface area (Å²) in [6.45, 7) is 11.8. The van der Waals surface area contributed by atoms with Crippen molar-refractivity contribution in [2.24, 2.45) is 0 Å². The highest BCUT2D eigenvalue weighted by molar-refractivity contribution is 5.68. The smallest absolute Gasteiger partial charge is 0.410 e. The molecule has 1 aliphatic rings. The first-order valence-electron chi connectivity index (χ1n) is 9.00. The third kappa shape index (κ3) is 7.81. The summed E-state index contributed by atoms with van der Waals surface area (Å²) in [7, 11) is 1.69. The summed E-state index contributed by atoms with van der Waals surface area (Å²) in [5.41, 5.74) is -0.596. The average molecular weight is 345 g/mol. The molecular weight excluding hydrogens is 310 g/mol.